The monoisotopic (exact) mass is 577 g/mol. The summed E-state index contributed by atoms with van der Waals surface area (Å²) in [6, 6.07) is 12.9. The second-order valence-electron chi connectivity index (χ2n) is 12.8. The number of ketones is 2. The van der Waals surface area contributed by atoms with Crippen molar-refractivity contribution in [2.45, 2.75) is 65.9 Å². The molecule has 2 aromatic rings. The lowest BCUT2D eigenvalue weighted by molar-refractivity contribution is -0.138. The van der Waals surface area contributed by atoms with E-state index >= 15 is 0 Å². The van der Waals surface area contributed by atoms with Crippen molar-refractivity contribution in [2.75, 3.05) is 13.7 Å². The van der Waals surface area contributed by atoms with E-state index in [1.165, 1.54) is 0 Å². The lowest BCUT2D eigenvalue weighted by Gasteiger charge is -2.48. The van der Waals surface area contributed by atoms with E-state index in [2.05, 4.69) is 0 Å². The predicted molar refractivity (Wildman–Crippen MR) is 156 cm³/mol. The van der Waals surface area contributed by atoms with Crippen LogP contribution < -0.4 is 9.47 Å². The summed E-state index contributed by atoms with van der Waals surface area (Å²) in [5, 5.41) is 10.5. The first kappa shape index (κ1) is 28.9. The number of rotatable bonds is 7. The van der Waals surface area contributed by atoms with E-state index in [0.29, 0.717) is 71.4 Å². The fourth-order valence-corrected chi connectivity index (χ4v) is 6.56. The minimum Gasteiger partial charge on any atom is -0.493 e. The fourth-order valence-electron chi connectivity index (χ4n) is 6.43. The average molecular weight is 578 g/mol. The third-order valence-electron chi connectivity index (χ3n) is 8.14. The van der Waals surface area contributed by atoms with Gasteiger partial charge in [-0.2, -0.15) is 0 Å². The van der Waals surface area contributed by atoms with Gasteiger partial charge in [-0.1, -0.05) is 57.5 Å². The van der Waals surface area contributed by atoms with Gasteiger partial charge in [-0.3, -0.25) is 14.4 Å². The van der Waals surface area contributed by atoms with Crippen molar-refractivity contribution in [3.05, 3.63) is 81.2 Å². The van der Waals surface area contributed by atoms with Crippen molar-refractivity contribution in [1.82, 2.24) is 4.90 Å². The fraction of sp³-hybridized carbons (Fsp3) is 0.424. The summed E-state index contributed by atoms with van der Waals surface area (Å²) in [6.45, 7) is 8.12. The summed E-state index contributed by atoms with van der Waals surface area (Å²) in [5.74, 6) is -0.689. The SMILES string of the molecule is COc1cc(C2C3=C(CC(C)(C)CC3=O)N(CC(=O)O)C3=C2C(=O)CC(C)(C)C3)ccc1OCc1ccc(Cl)cc1. The number of benzene rings is 2. The van der Waals surface area contributed by atoms with Crippen LogP contribution in [-0.4, -0.2) is 41.2 Å². The quantitative estimate of drug-likeness (QED) is 0.391. The number of nitrogens with zero attached hydrogens (tertiary/aromatic N) is 1. The largest absolute Gasteiger partial charge is 0.493 e. The Morgan fingerprint density at radius 3 is 1.98 bits per heavy atom. The molecule has 1 heterocycles. The van der Waals surface area contributed by atoms with E-state index in [9.17, 15) is 19.5 Å². The predicted octanol–water partition coefficient (Wildman–Crippen LogP) is 6.70. The van der Waals surface area contributed by atoms with Crippen LogP contribution in [0.1, 0.15) is 70.4 Å². The highest BCUT2D eigenvalue weighted by Crippen LogP contribution is 2.54. The summed E-state index contributed by atoms with van der Waals surface area (Å²) < 4.78 is 11.8. The van der Waals surface area contributed by atoms with E-state index in [1.807, 2.05) is 58.0 Å². The van der Waals surface area contributed by atoms with E-state index < -0.39 is 11.9 Å². The molecular weight excluding hydrogens is 542 g/mol. The van der Waals surface area contributed by atoms with Crippen LogP contribution in [0.4, 0.5) is 0 Å². The molecule has 2 aromatic carbocycles. The van der Waals surface area contributed by atoms with Gasteiger partial charge in [0.1, 0.15) is 13.2 Å². The molecule has 0 fully saturated rings. The van der Waals surface area contributed by atoms with Crippen molar-refractivity contribution in [1.29, 1.82) is 0 Å². The maximum Gasteiger partial charge on any atom is 0.323 e. The zero-order valence-electron chi connectivity index (χ0n) is 24.2. The molecule has 0 spiro atoms. The van der Waals surface area contributed by atoms with Gasteiger partial charge in [-0.25, -0.2) is 0 Å². The number of carbonyl (C=O) groups excluding carboxylic acids is 2. The highest BCUT2D eigenvalue weighted by Gasteiger charge is 2.49. The number of halogens is 1. The smallest absolute Gasteiger partial charge is 0.323 e. The Kier molecular flexibility index (Phi) is 7.53. The zero-order chi connectivity index (χ0) is 29.7. The maximum atomic E-state index is 13.8. The van der Waals surface area contributed by atoms with Gasteiger partial charge in [0, 0.05) is 46.3 Å². The van der Waals surface area contributed by atoms with Crippen molar-refractivity contribution in [2.24, 2.45) is 10.8 Å². The van der Waals surface area contributed by atoms with Crippen LogP contribution in [0.2, 0.25) is 5.02 Å². The average Bonchev–Trinajstić information content (AvgIpc) is 2.87. The Morgan fingerprint density at radius 1 is 0.902 bits per heavy atom. The first-order chi connectivity index (χ1) is 19.3. The minimum absolute atomic E-state index is 0.0529. The number of hydrogen-bond donors (Lipinski definition) is 1. The maximum absolute atomic E-state index is 13.8. The summed E-state index contributed by atoms with van der Waals surface area (Å²) >= 11 is 6.00. The number of hydrogen-bond acceptors (Lipinski definition) is 6. The summed E-state index contributed by atoms with van der Waals surface area (Å²) in [7, 11) is 1.56. The highest BCUT2D eigenvalue weighted by molar-refractivity contribution is 6.30. The van der Waals surface area contributed by atoms with E-state index in [1.54, 1.807) is 24.1 Å². The standard InChI is InChI=1S/C33H36ClNO6/c1-32(2)13-22-30(24(36)15-32)29(31-23(35(22)17-28(38)39)14-33(3,4)16-25(31)37)20-8-11-26(27(12-20)40-5)41-18-19-6-9-21(34)10-7-19/h6-12,29H,13-18H2,1-5H3,(H,38,39). The summed E-state index contributed by atoms with van der Waals surface area (Å²) in [6.07, 6.45) is 1.74. The molecule has 0 unspecified atom stereocenters. The van der Waals surface area contributed by atoms with Crippen LogP contribution in [-0.2, 0) is 21.0 Å². The Labute approximate surface area is 245 Å². The van der Waals surface area contributed by atoms with E-state index in [0.717, 1.165) is 11.1 Å². The number of carboxylic acid groups (broad SMARTS) is 1. The number of methoxy groups -OCH3 is 1. The van der Waals surface area contributed by atoms with Crippen LogP contribution in [0, 0.1) is 10.8 Å². The molecule has 0 amide bonds. The number of ether oxygens (including phenoxy) is 2. The molecular formula is C33H36ClNO6. The molecule has 216 valence electrons. The van der Waals surface area contributed by atoms with Gasteiger partial charge in [0.2, 0.25) is 0 Å². The molecule has 8 heteroatoms. The van der Waals surface area contributed by atoms with Crippen LogP contribution >= 0.6 is 11.6 Å². The lowest BCUT2D eigenvalue weighted by Crippen LogP contribution is -2.45. The van der Waals surface area contributed by atoms with Gasteiger partial charge in [0.05, 0.1) is 7.11 Å². The number of Topliss-reactive ketones (excluding diaryl/α,β-unsaturated/α-hetero) is 2. The first-order valence-electron chi connectivity index (χ1n) is 13.9. The molecule has 3 aliphatic rings. The Bertz CT molecular complexity index is 1430. The van der Waals surface area contributed by atoms with Gasteiger partial charge in [0.25, 0.3) is 0 Å². The van der Waals surface area contributed by atoms with Gasteiger partial charge in [0.15, 0.2) is 23.1 Å². The molecule has 0 radical (unpaired) electrons. The zero-order valence-corrected chi connectivity index (χ0v) is 24.9. The van der Waals surface area contributed by atoms with Crippen molar-refractivity contribution in [3.8, 4) is 11.5 Å². The van der Waals surface area contributed by atoms with Crippen LogP contribution in [0.15, 0.2) is 65.0 Å². The van der Waals surface area contributed by atoms with Gasteiger partial charge < -0.3 is 19.5 Å². The minimum atomic E-state index is -1.00. The van der Waals surface area contributed by atoms with Gasteiger partial charge in [-0.05, 0) is 59.1 Å². The molecule has 41 heavy (non-hydrogen) atoms. The van der Waals surface area contributed by atoms with Crippen LogP contribution in [0.25, 0.3) is 0 Å². The summed E-state index contributed by atoms with van der Waals surface area (Å²) in [4.78, 5) is 41.5. The van der Waals surface area contributed by atoms with Gasteiger partial charge in [-0.15, -0.1) is 0 Å². The number of allylic oxidation sites excluding steroid dienone is 4. The van der Waals surface area contributed by atoms with E-state index in [-0.39, 0.29) is 28.9 Å². The Balaban J connectivity index is 1.62. The first-order valence-corrected chi connectivity index (χ1v) is 14.2. The molecule has 0 saturated carbocycles. The Hall–Kier alpha value is -3.58. The van der Waals surface area contributed by atoms with Crippen molar-refractivity contribution >= 4 is 29.1 Å². The van der Waals surface area contributed by atoms with E-state index in [4.69, 9.17) is 21.1 Å². The molecule has 7 nitrogen and oxygen atoms in total. The molecule has 0 aromatic heterocycles. The van der Waals surface area contributed by atoms with Gasteiger partial charge >= 0.3 is 5.97 Å². The van der Waals surface area contributed by atoms with Crippen LogP contribution in [0.3, 0.4) is 0 Å². The van der Waals surface area contributed by atoms with Crippen LogP contribution in [0.5, 0.6) is 11.5 Å². The number of carbonyl (C=O) groups is 3. The van der Waals surface area contributed by atoms with Crippen molar-refractivity contribution < 1.29 is 29.0 Å². The van der Waals surface area contributed by atoms with Crippen molar-refractivity contribution in [3.63, 3.8) is 0 Å². The lowest BCUT2D eigenvalue weighted by atomic mass is 9.63. The third kappa shape index (κ3) is 5.78. The molecule has 0 atom stereocenters. The third-order valence-corrected chi connectivity index (χ3v) is 8.40. The molecule has 1 N–H and O–H groups in total. The second-order valence-corrected chi connectivity index (χ2v) is 13.3. The Morgan fingerprint density at radius 2 is 1.46 bits per heavy atom. The normalized spacial score (nSPS) is 20.1. The number of aliphatic carboxylic acids is 1. The number of carboxylic acids is 1. The second kappa shape index (κ2) is 10.7. The molecule has 2 aliphatic carbocycles. The highest BCUT2D eigenvalue weighted by atomic mass is 35.5. The molecule has 0 bridgehead atoms. The molecule has 5 rings (SSSR count). The summed E-state index contributed by atoms with van der Waals surface area (Å²) in [5.41, 5.74) is 3.50. The molecule has 1 aliphatic heterocycles. The topological polar surface area (TPSA) is 93.1 Å². The molecule has 0 saturated heterocycles.